The molecule has 0 aliphatic heterocycles. The maximum absolute atomic E-state index is 12.8. The molecule has 1 saturated carbocycles. The van der Waals surface area contributed by atoms with Crippen molar-refractivity contribution >= 4 is 41.0 Å². The first-order valence-electron chi connectivity index (χ1n) is 7.80. The van der Waals surface area contributed by atoms with E-state index in [-0.39, 0.29) is 24.4 Å². The van der Waals surface area contributed by atoms with Crippen LogP contribution in [-0.4, -0.2) is 16.8 Å². The molecule has 3 nitrogen and oxygen atoms in total. The standard InChI is InChI=1S/C17H22N2OS2.ClH/c18-16-7-1-4-13(16)10-17(20)19(11-14-5-2-8-21-14)12-15-6-3-9-22-15;/h2-3,5-6,8-9,13,16H,1,4,7,10-12,18H2;1H/t13-,16+;/m0./s1. The van der Waals surface area contributed by atoms with Crippen LogP contribution in [0.5, 0.6) is 0 Å². The third kappa shape index (κ3) is 5.05. The molecule has 3 rings (SSSR count). The third-order valence-electron chi connectivity index (χ3n) is 4.36. The summed E-state index contributed by atoms with van der Waals surface area (Å²) in [5, 5.41) is 4.13. The van der Waals surface area contributed by atoms with Gasteiger partial charge in [-0.3, -0.25) is 4.79 Å². The Balaban J connectivity index is 0.00000192. The van der Waals surface area contributed by atoms with Crippen molar-refractivity contribution in [2.75, 3.05) is 0 Å². The highest BCUT2D eigenvalue weighted by molar-refractivity contribution is 7.10. The molecule has 2 atom stereocenters. The average Bonchev–Trinajstić information content (AvgIpc) is 3.23. The molecule has 1 fully saturated rings. The maximum Gasteiger partial charge on any atom is 0.223 e. The van der Waals surface area contributed by atoms with Crippen molar-refractivity contribution in [3.63, 3.8) is 0 Å². The van der Waals surface area contributed by atoms with Gasteiger partial charge in [0.1, 0.15) is 0 Å². The smallest absolute Gasteiger partial charge is 0.223 e. The van der Waals surface area contributed by atoms with Crippen LogP contribution in [0, 0.1) is 5.92 Å². The molecule has 1 amide bonds. The Kier molecular flexibility index (Phi) is 7.09. The fraction of sp³-hybridized carbons (Fsp3) is 0.471. The number of rotatable bonds is 6. The van der Waals surface area contributed by atoms with Crippen molar-refractivity contribution in [3.05, 3.63) is 44.8 Å². The van der Waals surface area contributed by atoms with Crippen molar-refractivity contribution in [1.29, 1.82) is 0 Å². The summed E-state index contributed by atoms with van der Waals surface area (Å²) in [7, 11) is 0. The van der Waals surface area contributed by atoms with Gasteiger partial charge in [0, 0.05) is 22.2 Å². The second-order valence-electron chi connectivity index (χ2n) is 5.97. The van der Waals surface area contributed by atoms with E-state index in [4.69, 9.17) is 5.73 Å². The van der Waals surface area contributed by atoms with Crippen LogP contribution >= 0.6 is 35.1 Å². The summed E-state index contributed by atoms with van der Waals surface area (Å²) < 4.78 is 0. The Bertz CT molecular complexity index is 550. The van der Waals surface area contributed by atoms with Gasteiger partial charge in [0.15, 0.2) is 0 Å². The van der Waals surface area contributed by atoms with E-state index in [2.05, 4.69) is 22.9 Å². The van der Waals surface area contributed by atoms with Gasteiger partial charge < -0.3 is 10.6 Å². The predicted molar refractivity (Wildman–Crippen MR) is 100 cm³/mol. The summed E-state index contributed by atoms with van der Waals surface area (Å²) >= 11 is 3.42. The lowest BCUT2D eigenvalue weighted by Crippen LogP contribution is -2.34. The molecule has 23 heavy (non-hydrogen) atoms. The van der Waals surface area contributed by atoms with Gasteiger partial charge in [-0.1, -0.05) is 18.6 Å². The summed E-state index contributed by atoms with van der Waals surface area (Å²) in [4.78, 5) is 17.2. The highest BCUT2D eigenvalue weighted by Crippen LogP contribution is 2.28. The highest BCUT2D eigenvalue weighted by Gasteiger charge is 2.28. The summed E-state index contributed by atoms with van der Waals surface area (Å²) in [6, 6.07) is 8.48. The third-order valence-corrected chi connectivity index (χ3v) is 6.08. The number of thiophene rings is 2. The number of nitrogens with zero attached hydrogens (tertiary/aromatic N) is 1. The van der Waals surface area contributed by atoms with Gasteiger partial charge in [0.05, 0.1) is 13.1 Å². The van der Waals surface area contributed by atoms with E-state index in [0.29, 0.717) is 25.4 Å². The number of halogens is 1. The van der Waals surface area contributed by atoms with E-state index in [9.17, 15) is 4.79 Å². The highest BCUT2D eigenvalue weighted by atomic mass is 35.5. The Morgan fingerprint density at radius 3 is 2.17 bits per heavy atom. The van der Waals surface area contributed by atoms with Gasteiger partial charge >= 0.3 is 0 Å². The van der Waals surface area contributed by atoms with E-state index >= 15 is 0 Å². The van der Waals surface area contributed by atoms with Crippen LogP contribution in [0.3, 0.4) is 0 Å². The second kappa shape index (κ2) is 8.83. The van der Waals surface area contributed by atoms with Gasteiger partial charge in [-0.2, -0.15) is 0 Å². The summed E-state index contributed by atoms with van der Waals surface area (Å²) in [6.45, 7) is 1.41. The van der Waals surface area contributed by atoms with Crippen LogP contribution < -0.4 is 5.73 Å². The van der Waals surface area contributed by atoms with E-state index in [1.807, 2.05) is 17.0 Å². The topological polar surface area (TPSA) is 46.3 Å². The lowest BCUT2D eigenvalue weighted by Gasteiger charge is -2.24. The van der Waals surface area contributed by atoms with Crippen molar-refractivity contribution < 1.29 is 4.79 Å². The van der Waals surface area contributed by atoms with E-state index in [1.54, 1.807) is 22.7 Å². The van der Waals surface area contributed by atoms with Gasteiger partial charge in [-0.15, -0.1) is 35.1 Å². The summed E-state index contributed by atoms with van der Waals surface area (Å²) in [5.74, 6) is 0.603. The lowest BCUT2D eigenvalue weighted by molar-refractivity contribution is -0.133. The molecule has 2 heterocycles. The minimum Gasteiger partial charge on any atom is -0.332 e. The first-order chi connectivity index (χ1) is 10.7. The number of nitrogens with two attached hydrogens (primary N) is 1. The fourth-order valence-corrected chi connectivity index (χ4v) is 4.52. The Morgan fingerprint density at radius 1 is 1.13 bits per heavy atom. The SMILES string of the molecule is Cl.N[C@@H]1CCC[C@H]1CC(=O)N(Cc1cccs1)Cc1cccs1. The monoisotopic (exact) mass is 370 g/mol. The lowest BCUT2D eigenvalue weighted by atomic mass is 9.99. The zero-order valence-electron chi connectivity index (χ0n) is 13.0. The molecular weight excluding hydrogens is 348 g/mol. The molecule has 0 bridgehead atoms. The van der Waals surface area contributed by atoms with Crippen LogP contribution in [0.25, 0.3) is 0 Å². The molecule has 0 saturated heterocycles. The molecule has 2 aromatic heterocycles. The van der Waals surface area contributed by atoms with Crippen LogP contribution in [-0.2, 0) is 17.9 Å². The van der Waals surface area contributed by atoms with Crippen molar-refractivity contribution in [1.82, 2.24) is 4.90 Å². The Hall–Kier alpha value is -0.880. The number of hydrogen-bond acceptors (Lipinski definition) is 4. The fourth-order valence-electron chi connectivity index (χ4n) is 3.09. The van der Waals surface area contributed by atoms with Gasteiger partial charge in [-0.05, 0) is 41.7 Å². The first-order valence-corrected chi connectivity index (χ1v) is 9.56. The molecule has 1 aliphatic carbocycles. The van der Waals surface area contributed by atoms with E-state index < -0.39 is 0 Å². The minimum absolute atomic E-state index is 0. The van der Waals surface area contributed by atoms with E-state index in [0.717, 1.165) is 19.3 Å². The van der Waals surface area contributed by atoms with Gasteiger partial charge in [0.25, 0.3) is 0 Å². The maximum atomic E-state index is 12.8. The first kappa shape index (κ1) is 18.5. The van der Waals surface area contributed by atoms with Crippen molar-refractivity contribution in [2.24, 2.45) is 11.7 Å². The normalized spacial score (nSPS) is 20.2. The van der Waals surface area contributed by atoms with Crippen LogP contribution in [0.1, 0.15) is 35.4 Å². The molecule has 6 heteroatoms. The van der Waals surface area contributed by atoms with Gasteiger partial charge in [0.2, 0.25) is 5.91 Å². The number of hydrogen-bond donors (Lipinski definition) is 1. The largest absolute Gasteiger partial charge is 0.332 e. The Morgan fingerprint density at radius 2 is 1.74 bits per heavy atom. The molecule has 0 spiro atoms. The zero-order valence-corrected chi connectivity index (χ0v) is 15.5. The number of amides is 1. The molecule has 2 aromatic rings. The molecule has 1 aliphatic rings. The molecule has 0 unspecified atom stereocenters. The zero-order chi connectivity index (χ0) is 15.4. The average molecular weight is 371 g/mol. The Labute approximate surface area is 151 Å². The molecule has 2 N–H and O–H groups in total. The van der Waals surface area contributed by atoms with Crippen LogP contribution in [0.4, 0.5) is 0 Å². The number of carbonyl (C=O) groups excluding carboxylic acids is 1. The van der Waals surface area contributed by atoms with Crippen LogP contribution in [0.2, 0.25) is 0 Å². The van der Waals surface area contributed by atoms with Gasteiger partial charge in [-0.25, -0.2) is 0 Å². The quantitative estimate of drug-likeness (QED) is 0.824. The molecule has 0 radical (unpaired) electrons. The summed E-state index contributed by atoms with van der Waals surface area (Å²) in [5.41, 5.74) is 6.13. The van der Waals surface area contributed by atoms with Crippen molar-refractivity contribution in [2.45, 2.75) is 44.8 Å². The summed E-state index contributed by atoms with van der Waals surface area (Å²) in [6.07, 6.45) is 3.92. The van der Waals surface area contributed by atoms with E-state index in [1.165, 1.54) is 9.75 Å². The molecule has 126 valence electrons. The predicted octanol–water partition coefficient (Wildman–Crippen LogP) is 4.28. The van der Waals surface area contributed by atoms with Crippen LogP contribution in [0.15, 0.2) is 35.0 Å². The number of carbonyl (C=O) groups is 1. The molecular formula is C17H23ClN2OS2. The minimum atomic E-state index is 0. The second-order valence-corrected chi connectivity index (χ2v) is 8.03. The van der Waals surface area contributed by atoms with Crippen molar-refractivity contribution in [3.8, 4) is 0 Å². The molecule has 0 aromatic carbocycles.